The minimum atomic E-state index is -0.313. The van der Waals surface area contributed by atoms with Crippen LogP contribution in [0, 0.1) is 0 Å². The smallest absolute Gasteiger partial charge is 0.265 e. The van der Waals surface area contributed by atoms with Crippen LogP contribution in [0.3, 0.4) is 0 Å². The molecular formula is C16H18N2O3. The zero-order chi connectivity index (χ0) is 15.1. The maximum atomic E-state index is 11.4. The highest BCUT2D eigenvalue weighted by atomic mass is 16.5. The second-order valence-electron chi connectivity index (χ2n) is 4.51. The summed E-state index contributed by atoms with van der Waals surface area (Å²) < 4.78 is 10.7. The lowest BCUT2D eigenvalue weighted by Gasteiger charge is -2.07. The van der Waals surface area contributed by atoms with Gasteiger partial charge in [0.05, 0.1) is 20.3 Å². The molecule has 0 aliphatic heterocycles. The van der Waals surface area contributed by atoms with Gasteiger partial charge in [-0.05, 0) is 35.4 Å². The molecule has 0 aromatic heterocycles. The van der Waals surface area contributed by atoms with E-state index in [1.165, 1.54) is 0 Å². The van der Waals surface area contributed by atoms with Crippen LogP contribution in [0.2, 0.25) is 0 Å². The summed E-state index contributed by atoms with van der Waals surface area (Å²) in [6, 6.07) is 14.9. The number of rotatable bonds is 6. The number of nitrogen functional groups attached to an aromatic ring is 1. The summed E-state index contributed by atoms with van der Waals surface area (Å²) in [6.07, 6.45) is 0. The Labute approximate surface area is 123 Å². The van der Waals surface area contributed by atoms with Crippen LogP contribution in [0.15, 0.2) is 48.5 Å². The Morgan fingerprint density at radius 3 is 2.48 bits per heavy atom. The zero-order valence-electron chi connectivity index (χ0n) is 11.8. The van der Waals surface area contributed by atoms with Gasteiger partial charge >= 0.3 is 0 Å². The summed E-state index contributed by atoms with van der Waals surface area (Å²) in [4.78, 5) is 11.4. The molecule has 3 N–H and O–H groups in total. The van der Waals surface area contributed by atoms with E-state index in [0.717, 1.165) is 16.9 Å². The molecule has 5 heteroatoms. The van der Waals surface area contributed by atoms with Gasteiger partial charge in [-0.1, -0.05) is 24.3 Å². The summed E-state index contributed by atoms with van der Waals surface area (Å²) >= 11 is 0. The third-order valence-corrected chi connectivity index (χ3v) is 3.02. The molecule has 0 bridgehead atoms. The fourth-order valence-corrected chi connectivity index (χ4v) is 1.89. The summed E-state index contributed by atoms with van der Waals surface area (Å²) in [7, 11) is 1.63. The Morgan fingerprint density at radius 2 is 1.81 bits per heavy atom. The molecule has 2 aromatic rings. The van der Waals surface area contributed by atoms with Crippen molar-refractivity contribution in [1.29, 1.82) is 0 Å². The lowest BCUT2D eigenvalue weighted by Crippen LogP contribution is -2.29. The number of carbonyl (C=O) groups excluding carboxylic acids is 1. The van der Waals surface area contributed by atoms with Gasteiger partial charge in [-0.2, -0.15) is 0 Å². The number of benzene rings is 2. The van der Waals surface area contributed by atoms with Crippen molar-refractivity contribution in [2.45, 2.75) is 13.2 Å². The van der Waals surface area contributed by atoms with Crippen LogP contribution in [0.1, 0.15) is 21.5 Å². The molecule has 21 heavy (non-hydrogen) atoms. The lowest BCUT2D eigenvalue weighted by molar-refractivity contribution is 0.0951. The van der Waals surface area contributed by atoms with Crippen molar-refractivity contribution < 1.29 is 14.3 Å². The Hall–Kier alpha value is -2.37. The van der Waals surface area contributed by atoms with Crippen molar-refractivity contribution in [3.8, 4) is 5.75 Å². The average Bonchev–Trinajstić information content (AvgIpc) is 2.55. The zero-order valence-corrected chi connectivity index (χ0v) is 11.8. The van der Waals surface area contributed by atoms with Crippen molar-refractivity contribution in [3.05, 3.63) is 65.2 Å². The summed E-state index contributed by atoms with van der Waals surface area (Å²) in [5.74, 6) is 5.62. The number of nitrogens with one attached hydrogen (secondary N) is 1. The van der Waals surface area contributed by atoms with Crippen LogP contribution in [-0.2, 0) is 18.0 Å². The first-order valence-electron chi connectivity index (χ1n) is 6.53. The van der Waals surface area contributed by atoms with Crippen LogP contribution in [0.4, 0.5) is 0 Å². The van der Waals surface area contributed by atoms with Gasteiger partial charge in [0.25, 0.3) is 5.91 Å². The van der Waals surface area contributed by atoms with Crippen LogP contribution in [0.25, 0.3) is 0 Å². The fourth-order valence-electron chi connectivity index (χ4n) is 1.89. The van der Waals surface area contributed by atoms with E-state index in [4.69, 9.17) is 15.3 Å². The molecule has 0 atom stereocenters. The summed E-state index contributed by atoms with van der Waals surface area (Å²) in [5.41, 5.74) is 4.61. The minimum Gasteiger partial charge on any atom is -0.497 e. The van der Waals surface area contributed by atoms with E-state index < -0.39 is 0 Å². The number of hydrazine groups is 1. The van der Waals surface area contributed by atoms with Gasteiger partial charge in [0.1, 0.15) is 5.75 Å². The topological polar surface area (TPSA) is 73.6 Å². The number of carbonyl (C=O) groups is 1. The monoisotopic (exact) mass is 286 g/mol. The fraction of sp³-hybridized carbons (Fsp3) is 0.188. The SMILES string of the molecule is COc1ccc(COCc2cccc(C(=O)NN)c2)cc1. The van der Waals surface area contributed by atoms with E-state index in [9.17, 15) is 4.79 Å². The quantitative estimate of drug-likeness (QED) is 0.484. The van der Waals surface area contributed by atoms with Crippen molar-refractivity contribution in [2.75, 3.05) is 7.11 Å². The predicted molar refractivity (Wildman–Crippen MR) is 79.6 cm³/mol. The Balaban J connectivity index is 1.89. The van der Waals surface area contributed by atoms with Crippen molar-refractivity contribution in [3.63, 3.8) is 0 Å². The highest BCUT2D eigenvalue weighted by Gasteiger charge is 2.04. The molecule has 5 nitrogen and oxygen atoms in total. The summed E-state index contributed by atoms with van der Waals surface area (Å²) in [6.45, 7) is 0.926. The average molecular weight is 286 g/mol. The second-order valence-corrected chi connectivity index (χ2v) is 4.51. The maximum absolute atomic E-state index is 11.4. The van der Waals surface area contributed by atoms with Gasteiger partial charge in [-0.15, -0.1) is 0 Å². The van der Waals surface area contributed by atoms with Gasteiger partial charge in [0.2, 0.25) is 0 Å². The molecule has 0 aliphatic rings. The van der Waals surface area contributed by atoms with Crippen LogP contribution in [0.5, 0.6) is 5.75 Å². The van der Waals surface area contributed by atoms with E-state index in [1.807, 2.05) is 30.3 Å². The van der Waals surface area contributed by atoms with Crippen molar-refractivity contribution in [1.82, 2.24) is 5.43 Å². The molecule has 0 saturated carbocycles. The van der Waals surface area contributed by atoms with Gasteiger partial charge in [-0.3, -0.25) is 10.2 Å². The van der Waals surface area contributed by atoms with Gasteiger partial charge < -0.3 is 9.47 Å². The minimum absolute atomic E-state index is 0.313. The lowest BCUT2D eigenvalue weighted by atomic mass is 10.1. The first kappa shape index (κ1) is 15.0. The molecule has 0 aliphatic carbocycles. The van der Waals surface area contributed by atoms with Crippen LogP contribution < -0.4 is 16.0 Å². The number of hydrogen-bond donors (Lipinski definition) is 2. The molecule has 0 spiro atoms. The molecule has 0 radical (unpaired) electrons. The van der Waals surface area contributed by atoms with E-state index in [0.29, 0.717) is 18.8 Å². The van der Waals surface area contributed by atoms with E-state index >= 15 is 0 Å². The highest BCUT2D eigenvalue weighted by Crippen LogP contribution is 2.13. The van der Waals surface area contributed by atoms with E-state index in [2.05, 4.69) is 5.43 Å². The van der Waals surface area contributed by atoms with E-state index in [-0.39, 0.29) is 5.91 Å². The molecular weight excluding hydrogens is 268 g/mol. The van der Waals surface area contributed by atoms with Crippen molar-refractivity contribution >= 4 is 5.91 Å². The first-order chi connectivity index (χ1) is 10.2. The number of amides is 1. The largest absolute Gasteiger partial charge is 0.497 e. The molecule has 0 fully saturated rings. The molecule has 2 aromatic carbocycles. The molecule has 2 rings (SSSR count). The Bertz CT molecular complexity index is 597. The highest BCUT2D eigenvalue weighted by molar-refractivity contribution is 5.93. The number of nitrogens with two attached hydrogens (primary N) is 1. The van der Waals surface area contributed by atoms with E-state index in [1.54, 1.807) is 25.3 Å². The van der Waals surface area contributed by atoms with Gasteiger partial charge in [-0.25, -0.2) is 5.84 Å². The first-order valence-corrected chi connectivity index (χ1v) is 6.53. The molecule has 0 unspecified atom stereocenters. The molecule has 0 saturated heterocycles. The third-order valence-electron chi connectivity index (χ3n) is 3.02. The second kappa shape index (κ2) is 7.42. The van der Waals surface area contributed by atoms with Gasteiger partial charge in [0.15, 0.2) is 0 Å². The standard InChI is InChI=1S/C16H18N2O3/c1-20-15-7-5-12(6-8-15)10-21-11-13-3-2-4-14(9-13)16(19)18-17/h2-9H,10-11,17H2,1H3,(H,18,19). The number of ether oxygens (including phenoxy) is 2. The Kier molecular flexibility index (Phi) is 5.31. The molecule has 1 amide bonds. The number of methoxy groups -OCH3 is 1. The maximum Gasteiger partial charge on any atom is 0.265 e. The molecule has 0 heterocycles. The predicted octanol–water partition coefficient (Wildman–Crippen LogP) is 2.02. The van der Waals surface area contributed by atoms with Crippen molar-refractivity contribution in [2.24, 2.45) is 5.84 Å². The molecule has 110 valence electrons. The normalized spacial score (nSPS) is 10.2. The van der Waals surface area contributed by atoms with Gasteiger partial charge in [0, 0.05) is 5.56 Å². The summed E-state index contributed by atoms with van der Waals surface area (Å²) in [5, 5.41) is 0. The Morgan fingerprint density at radius 1 is 1.10 bits per heavy atom. The number of hydrogen-bond acceptors (Lipinski definition) is 4. The van der Waals surface area contributed by atoms with Crippen LogP contribution in [-0.4, -0.2) is 13.0 Å². The van der Waals surface area contributed by atoms with Crippen LogP contribution >= 0.6 is 0 Å². The third kappa shape index (κ3) is 4.30.